The summed E-state index contributed by atoms with van der Waals surface area (Å²) in [5, 5.41) is 9.44. The van der Waals surface area contributed by atoms with Gasteiger partial charge in [-0.1, -0.05) is 0 Å². The molecule has 0 radical (unpaired) electrons. The van der Waals surface area contributed by atoms with Crippen LogP contribution < -0.4 is 9.47 Å². The van der Waals surface area contributed by atoms with Gasteiger partial charge in [0, 0.05) is 0 Å². The van der Waals surface area contributed by atoms with Gasteiger partial charge in [-0.25, -0.2) is 8.42 Å². The number of ether oxygens (including phenoxy) is 2. The van der Waals surface area contributed by atoms with Crippen molar-refractivity contribution in [2.75, 3.05) is 13.7 Å². The van der Waals surface area contributed by atoms with Crippen LogP contribution in [0.3, 0.4) is 0 Å². The Kier molecular flexibility index (Phi) is 3.54. The van der Waals surface area contributed by atoms with Crippen molar-refractivity contribution < 1.29 is 23.0 Å². The van der Waals surface area contributed by atoms with Crippen LogP contribution in [0, 0.1) is 0 Å². The second-order valence-corrected chi connectivity index (χ2v) is 6.77. The first kappa shape index (κ1) is 14.5. The monoisotopic (exact) mass is 318 g/mol. The quantitative estimate of drug-likeness (QED) is 0.938. The molecule has 0 bridgehead atoms. The van der Waals surface area contributed by atoms with Crippen LogP contribution in [0.1, 0.15) is 5.56 Å². The van der Waals surface area contributed by atoms with Crippen LogP contribution in [0.4, 0.5) is 0 Å². The van der Waals surface area contributed by atoms with Crippen molar-refractivity contribution in [2.24, 2.45) is 0 Å². The van der Waals surface area contributed by atoms with Gasteiger partial charge in [0.05, 0.1) is 16.9 Å². The zero-order valence-corrected chi connectivity index (χ0v) is 12.6. The number of rotatable bonds is 4. The molecule has 0 aliphatic carbocycles. The maximum absolute atomic E-state index is 12.4. The standard InChI is InChI=1S/C16H14O5S/c1-20-13-3-5-14(6-4-13)21-10-15-9-11-8-12(17)2-7-16(11)22(15,18)19/h2-9,17H,10H2,1H3. The van der Waals surface area contributed by atoms with Gasteiger partial charge in [0.25, 0.3) is 0 Å². The summed E-state index contributed by atoms with van der Waals surface area (Å²) >= 11 is 0. The molecule has 0 aromatic heterocycles. The van der Waals surface area contributed by atoms with Crippen LogP contribution in [-0.4, -0.2) is 27.2 Å². The van der Waals surface area contributed by atoms with E-state index >= 15 is 0 Å². The fourth-order valence-electron chi connectivity index (χ4n) is 2.23. The first-order chi connectivity index (χ1) is 10.5. The molecule has 6 heteroatoms. The minimum absolute atomic E-state index is 0.0301. The molecular weight excluding hydrogens is 304 g/mol. The summed E-state index contributed by atoms with van der Waals surface area (Å²) in [6.07, 6.45) is 1.52. The van der Waals surface area contributed by atoms with E-state index in [4.69, 9.17) is 9.47 Å². The number of phenols is 1. The Bertz CT molecular complexity index is 835. The highest BCUT2D eigenvalue weighted by molar-refractivity contribution is 7.95. The Morgan fingerprint density at radius 1 is 1.05 bits per heavy atom. The van der Waals surface area contributed by atoms with Gasteiger partial charge in [-0.15, -0.1) is 0 Å². The third-order valence-corrected chi connectivity index (χ3v) is 5.26. The molecule has 22 heavy (non-hydrogen) atoms. The van der Waals surface area contributed by atoms with E-state index in [-0.39, 0.29) is 22.2 Å². The van der Waals surface area contributed by atoms with E-state index in [0.717, 1.165) is 0 Å². The Morgan fingerprint density at radius 2 is 1.73 bits per heavy atom. The van der Waals surface area contributed by atoms with E-state index in [1.54, 1.807) is 31.4 Å². The van der Waals surface area contributed by atoms with Crippen LogP contribution in [0.25, 0.3) is 6.08 Å². The van der Waals surface area contributed by atoms with Gasteiger partial charge in [0.1, 0.15) is 23.9 Å². The van der Waals surface area contributed by atoms with E-state index in [9.17, 15) is 13.5 Å². The average Bonchev–Trinajstić information content (AvgIpc) is 2.75. The van der Waals surface area contributed by atoms with E-state index in [1.807, 2.05) is 0 Å². The van der Waals surface area contributed by atoms with Crippen LogP contribution in [-0.2, 0) is 9.84 Å². The molecular formula is C16H14O5S. The Hall–Kier alpha value is -2.47. The molecule has 3 rings (SSSR count). The Balaban J connectivity index is 1.80. The topological polar surface area (TPSA) is 72.8 Å². The van der Waals surface area contributed by atoms with Crippen molar-refractivity contribution in [3.8, 4) is 17.2 Å². The second kappa shape index (κ2) is 5.38. The lowest BCUT2D eigenvalue weighted by molar-refractivity contribution is 0.357. The first-order valence-corrected chi connectivity index (χ1v) is 8.04. The van der Waals surface area contributed by atoms with Gasteiger partial charge in [-0.3, -0.25) is 0 Å². The molecule has 0 atom stereocenters. The number of aromatic hydroxyl groups is 1. The molecule has 1 aliphatic rings. The third-order valence-electron chi connectivity index (χ3n) is 3.39. The van der Waals surface area contributed by atoms with Crippen LogP contribution >= 0.6 is 0 Å². The molecule has 0 saturated heterocycles. The number of sulfone groups is 1. The fraction of sp³-hybridized carbons (Fsp3) is 0.125. The molecule has 0 amide bonds. The summed E-state index contributed by atoms with van der Waals surface area (Å²) in [5.41, 5.74) is 0.480. The Labute approximate surface area is 128 Å². The zero-order chi connectivity index (χ0) is 15.7. The van der Waals surface area contributed by atoms with Gasteiger partial charge in [0.15, 0.2) is 0 Å². The number of hydrogen-bond donors (Lipinski definition) is 1. The van der Waals surface area contributed by atoms with Gasteiger partial charge < -0.3 is 14.6 Å². The van der Waals surface area contributed by atoms with E-state index in [0.29, 0.717) is 17.1 Å². The van der Waals surface area contributed by atoms with Gasteiger partial charge >= 0.3 is 0 Å². The maximum Gasteiger partial charge on any atom is 0.206 e. The largest absolute Gasteiger partial charge is 0.508 e. The predicted octanol–water partition coefficient (Wildman–Crippen LogP) is 2.61. The van der Waals surface area contributed by atoms with Crippen molar-refractivity contribution in [3.05, 3.63) is 52.9 Å². The lowest BCUT2D eigenvalue weighted by Crippen LogP contribution is -2.08. The van der Waals surface area contributed by atoms with Gasteiger partial charge in [-0.05, 0) is 54.1 Å². The number of fused-ring (bicyclic) bond motifs is 1. The molecule has 0 fully saturated rings. The van der Waals surface area contributed by atoms with Crippen molar-refractivity contribution in [1.82, 2.24) is 0 Å². The van der Waals surface area contributed by atoms with Crippen molar-refractivity contribution in [3.63, 3.8) is 0 Å². The number of phenolic OH excluding ortho intramolecular Hbond substituents is 1. The first-order valence-electron chi connectivity index (χ1n) is 6.56. The zero-order valence-electron chi connectivity index (χ0n) is 11.8. The summed E-state index contributed by atoms with van der Waals surface area (Å²) < 4.78 is 35.3. The van der Waals surface area contributed by atoms with Crippen molar-refractivity contribution >= 4 is 15.9 Å². The van der Waals surface area contributed by atoms with E-state index in [2.05, 4.69) is 0 Å². The molecule has 1 N–H and O–H groups in total. The maximum atomic E-state index is 12.4. The van der Waals surface area contributed by atoms with Gasteiger partial charge in [0.2, 0.25) is 9.84 Å². The summed E-state index contributed by atoms with van der Waals surface area (Å²) in [7, 11) is -1.98. The molecule has 1 heterocycles. The molecule has 2 aromatic carbocycles. The Morgan fingerprint density at radius 3 is 2.41 bits per heavy atom. The fourth-order valence-corrected chi connectivity index (χ4v) is 3.69. The van der Waals surface area contributed by atoms with Crippen LogP contribution in [0.2, 0.25) is 0 Å². The second-order valence-electron chi connectivity index (χ2n) is 4.80. The lowest BCUT2D eigenvalue weighted by Gasteiger charge is -2.08. The SMILES string of the molecule is COc1ccc(OCC2=Cc3cc(O)ccc3S2(=O)=O)cc1. The lowest BCUT2D eigenvalue weighted by atomic mass is 10.2. The summed E-state index contributed by atoms with van der Waals surface area (Å²) in [5.74, 6) is 1.28. The van der Waals surface area contributed by atoms with E-state index in [1.165, 1.54) is 24.3 Å². The van der Waals surface area contributed by atoms with Gasteiger partial charge in [-0.2, -0.15) is 0 Å². The summed E-state index contributed by atoms with van der Waals surface area (Å²) in [6, 6.07) is 11.1. The predicted molar refractivity (Wildman–Crippen MR) is 81.8 cm³/mol. The minimum Gasteiger partial charge on any atom is -0.508 e. The molecule has 0 unspecified atom stereocenters. The third kappa shape index (κ3) is 2.53. The van der Waals surface area contributed by atoms with E-state index < -0.39 is 9.84 Å². The van der Waals surface area contributed by atoms with Crippen molar-refractivity contribution in [1.29, 1.82) is 0 Å². The highest BCUT2D eigenvalue weighted by atomic mass is 32.2. The highest BCUT2D eigenvalue weighted by Gasteiger charge is 2.30. The molecule has 0 saturated carbocycles. The molecule has 1 aliphatic heterocycles. The number of benzene rings is 2. The van der Waals surface area contributed by atoms with Crippen LogP contribution in [0.15, 0.2) is 52.3 Å². The van der Waals surface area contributed by atoms with Crippen molar-refractivity contribution in [2.45, 2.75) is 4.90 Å². The summed E-state index contributed by atoms with van der Waals surface area (Å²) in [6.45, 7) is -0.0654. The molecule has 0 spiro atoms. The number of methoxy groups -OCH3 is 1. The van der Waals surface area contributed by atoms with Crippen LogP contribution in [0.5, 0.6) is 17.2 Å². The average molecular weight is 318 g/mol. The molecule has 114 valence electrons. The molecule has 2 aromatic rings. The highest BCUT2D eigenvalue weighted by Crippen LogP contribution is 2.35. The minimum atomic E-state index is -3.55. The normalized spacial score (nSPS) is 15.0. The number of hydrogen-bond acceptors (Lipinski definition) is 5. The molecule has 5 nitrogen and oxygen atoms in total. The smallest absolute Gasteiger partial charge is 0.206 e. The summed E-state index contributed by atoms with van der Waals surface area (Å²) in [4.78, 5) is 0.363.